The monoisotopic (exact) mass is 856 g/mol. The summed E-state index contributed by atoms with van der Waals surface area (Å²) in [6, 6.07) is 7.56. The zero-order valence-corrected chi connectivity index (χ0v) is 35.0. The summed E-state index contributed by atoms with van der Waals surface area (Å²) in [7, 11) is 1.18. The molecule has 14 heteroatoms. The number of carboxylic acid groups (broad SMARTS) is 1. The van der Waals surface area contributed by atoms with Gasteiger partial charge < -0.3 is 39.4 Å². The second-order valence-electron chi connectivity index (χ2n) is 14.1. The summed E-state index contributed by atoms with van der Waals surface area (Å²) in [6.45, 7) is 14.2. The van der Waals surface area contributed by atoms with E-state index in [0.717, 1.165) is 12.2 Å². The molecule has 0 amide bonds. The Bertz CT molecular complexity index is 2510. The van der Waals surface area contributed by atoms with Crippen LogP contribution in [0.5, 0.6) is 28.7 Å². The number of phenols is 2. The van der Waals surface area contributed by atoms with E-state index >= 15 is 0 Å². The lowest BCUT2D eigenvalue weighted by Crippen LogP contribution is -2.47. The van der Waals surface area contributed by atoms with E-state index < -0.39 is 41.0 Å². The second kappa shape index (κ2) is 15.9. The molecular formula is C44H41BrO13. The third-order valence-corrected chi connectivity index (χ3v) is 11.4. The first-order valence-electron chi connectivity index (χ1n) is 17.7. The molecule has 5 rings (SSSR count). The van der Waals surface area contributed by atoms with Gasteiger partial charge in [-0.05, 0) is 158 Å². The van der Waals surface area contributed by atoms with Crippen molar-refractivity contribution >= 4 is 45.6 Å². The third-order valence-electron chi connectivity index (χ3n) is 10.7. The van der Waals surface area contributed by atoms with Gasteiger partial charge in [-0.3, -0.25) is 4.79 Å². The maximum Gasteiger partial charge on any atom is 0.356 e. The molecule has 0 aromatic heterocycles. The number of hydrogen-bond acceptors (Lipinski definition) is 12. The molecule has 0 saturated heterocycles. The minimum absolute atomic E-state index is 0.00143. The number of aliphatic hydroxyl groups is 1. The molecule has 302 valence electrons. The molecule has 0 unspecified atom stereocenters. The van der Waals surface area contributed by atoms with E-state index in [1.807, 2.05) is 0 Å². The summed E-state index contributed by atoms with van der Waals surface area (Å²) in [4.78, 5) is 65.6. The molecule has 0 bridgehead atoms. The molecule has 0 aliphatic heterocycles. The maximum absolute atomic E-state index is 14.1. The van der Waals surface area contributed by atoms with Gasteiger partial charge in [-0.1, -0.05) is 12.1 Å². The number of benzene rings is 4. The van der Waals surface area contributed by atoms with Crippen LogP contribution in [0.1, 0.15) is 82.5 Å². The van der Waals surface area contributed by atoms with E-state index in [1.54, 1.807) is 53.7 Å². The number of ether oxygens (including phenoxy) is 4. The van der Waals surface area contributed by atoms with Crippen molar-refractivity contribution in [2.75, 3.05) is 7.11 Å². The lowest BCUT2D eigenvalue weighted by molar-refractivity contribution is -0.151. The summed E-state index contributed by atoms with van der Waals surface area (Å²) in [6.07, 6.45) is 2.02. The van der Waals surface area contributed by atoms with Gasteiger partial charge in [0.1, 0.15) is 38.8 Å². The fourth-order valence-corrected chi connectivity index (χ4v) is 7.59. The number of aromatic carboxylic acids is 1. The van der Waals surface area contributed by atoms with Gasteiger partial charge in [-0.25, -0.2) is 19.2 Å². The minimum Gasteiger partial charge on any atom is -0.508 e. The lowest BCUT2D eigenvalue weighted by Gasteiger charge is -2.30. The van der Waals surface area contributed by atoms with E-state index in [1.165, 1.54) is 46.1 Å². The molecule has 4 aromatic rings. The first kappa shape index (κ1) is 42.9. The number of hydrogen-bond donors (Lipinski definition) is 4. The molecule has 0 heterocycles. The molecule has 58 heavy (non-hydrogen) atoms. The number of carbonyl (C=O) groups is 5. The van der Waals surface area contributed by atoms with Crippen molar-refractivity contribution in [2.24, 2.45) is 0 Å². The smallest absolute Gasteiger partial charge is 0.356 e. The van der Waals surface area contributed by atoms with E-state index in [2.05, 4.69) is 15.9 Å². The van der Waals surface area contributed by atoms with Crippen LogP contribution in [0.3, 0.4) is 0 Å². The Balaban J connectivity index is 1.48. The van der Waals surface area contributed by atoms with E-state index in [9.17, 15) is 44.4 Å². The zero-order valence-electron chi connectivity index (χ0n) is 33.4. The van der Waals surface area contributed by atoms with Crippen LogP contribution in [0.15, 0.2) is 58.3 Å². The van der Waals surface area contributed by atoms with Gasteiger partial charge in [0.15, 0.2) is 11.5 Å². The molecule has 0 spiro atoms. The largest absolute Gasteiger partial charge is 0.508 e. The Morgan fingerprint density at radius 2 is 1.22 bits per heavy atom. The predicted octanol–water partition coefficient (Wildman–Crippen LogP) is 7.83. The average Bonchev–Trinajstić information content (AvgIpc) is 3.15. The summed E-state index contributed by atoms with van der Waals surface area (Å²) in [5.41, 5.74) is 1.20. The van der Waals surface area contributed by atoms with Crippen LogP contribution in [-0.2, 0) is 14.3 Å². The van der Waals surface area contributed by atoms with Gasteiger partial charge in [-0.15, -0.1) is 0 Å². The van der Waals surface area contributed by atoms with Crippen LogP contribution in [-0.4, -0.2) is 62.8 Å². The topological polar surface area (TPSA) is 203 Å². The van der Waals surface area contributed by atoms with Crippen molar-refractivity contribution in [1.29, 1.82) is 0 Å². The highest BCUT2D eigenvalue weighted by molar-refractivity contribution is 9.10. The van der Waals surface area contributed by atoms with Crippen LogP contribution in [0.25, 0.3) is 11.1 Å². The summed E-state index contributed by atoms with van der Waals surface area (Å²) in [5.74, 6) is -5.55. The predicted molar refractivity (Wildman–Crippen MR) is 215 cm³/mol. The summed E-state index contributed by atoms with van der Waals surface area (Å²) in [5, 5.41) is 42.5. The van der Waals surface area contributed by atoms with Gasteiger partial charge in [0.05, 0.1) is 18.2 Å². The quantitative estimate of drug-likeness (QED) is 0.0938. The Kier molecular flexibility index (Phi) is 11.8. The van der Waals surface area contributed by atoms with Crippen LogP contribution in [0.2, 0.25) is 0 Å². The molecule has 0 radical (unpaired) electrons. The molecule has 0 saturated carbocycles. The number of methoxy groups -OCH3 is 1. The molecule has 1 aliphatic carbocycles. The maximum atomic E-state index is 14.1. The normalized spacial score (nSPS) is 15.0. The lowest BCUT2D eigenvalue weighted by atomic mass is 9.87. The number of aryl methyl sites for hydroxylation is 1. The van der Waals surface area contributed by atoms with Crippen LogP contribution in [0.4, 0.5) is 0 Å². The fourth-order valence-electron chi connectivity index (χ4n) is 7.02. The summed E-state index contributed by atoms with van der Waals surface area (Å²) >= 11 is 3.21. The Morgan fingerprint density at radius 3 is 1.81 bits per heavy atom. The molecule has 4 aromatic carbocycles. The molecule has 1 atom stereocenters. The van der Waals surface area contributed by atoms with Gasteiger partial charge in [0.2, 0.25) is 5.60 Å². The molecule has 0 fully saturated rings. The van der Waals surface area contributed by atoms with E-state index in [4.69, 9.17) is 18.9 Å². The van der Waals surface area contributed by atoms with Gasteiger partial charge in [0.25, 0.3) is 0 Å². The number of halogens is 1. The number of aromatic hydroxyl groups is 2. The van der Waals surface area contributed by atoms with Crippen molar-refractivity contribution in [3.05, 3.63) is 119 Å². The first-order valence-corrected chi connectivity index (χ1v) is 18.5. The highest BCUT2D eigenvalue weighted by Crippen LogP contribution is 2.45. The van der Waals surface area contributed by atoms with Crippen molar-refractivity contribution < 1.29 is 63.3 Å². The average molecular weight is 858 g/mol. The van der Waals surface area contributed by atoms with Gasteiger partial charge in [-0.2, -0.15) is 0 Å². The first-order chi connectivity index (χ1) is 27.1. The minimum atomic E-state index is -2.45. The number of allylic oxidation sites excluding steroid dienone is 2. The van der Waals surface area contributed by atoms with E-state index in [-0.39, 0.29) is 66.6 Å². The highest BCUT2D eigenvalue weighted by Gasteiger charge is 2.48. The number of esters is 3. The van der Waals surface area contributed by atoms with Crippen molar-refractivity contribution in [3.63, 3.8) is 0 Å². The molecule has 4 N–H and O–H groups in total. The van der Waals surface area contributed by atoms with Gasteiger partial charge in [0, 0.05) is 11.6 Å². The second-order valence-corrected chi connectivity index (χ2v) is 14.9. The standard InChI is InChI=1S/C44H41BrO13/c1-18-15-30(56-42(52)35-23(6)25(8)39(36(45)37(35)48)58-43(53)44(54)19(2)16-29(47)17-31(44)55-10)20(3)21(4)32(18)41(51)57-38-24(7)22(5)33(40(49)50)26(9)34(38)27-11-13-28(46)14-12-27/h11-17,46,48,54H,1-10H3,(H,49,50)/t44-/m1/s1. The Hall–Kier alpha value is -6.25. The van der Waals surface area contributed by atoms with Crippen LogP contribution < -0.4 is 14.2 Å². The Morgan fingerprint density at radius 1 is 0.672 bits per heavy atom. The number of ketones is 1. The van der Waals surface area contributed by atoms with E-state index in [0.29, 0.717) is 44.5 Å². The third kappa shape index (κ3) is 7.24. The van der Waals surface area contributed by atoms with Crippen molar-refractivity contribution in [2.45, 2.75) is 67.9 Å². The number of carbonyl (C=O) groups excluding carboxylic acids is 4. The molecule has 1 aliphatic rings. The van der Waals surface area contributed by atoms with Crippen molar-refractivity contribution in [1.82, 2.24) is 0 Å². The number of phenolic OH excluding ortho intramolecular Hbond substituents is 2. The Labute approximate surface area is 342 Å². The molecule has 13 nitrogen and oxygen atoms in total. The van der Waals surface area contributed by atoms with Gasteiger partial charge >= 0.3 is 23.9 Å². The molecular weight excluding hydrogens is 816 g/mol. The number of carboxylic acids is 1. The fraction of sp³-hybridized carbons (Fsp3) is 0.250. The summed E-state index contributed by atoms with van der Waals surface area (Å²) < 4.78 is 22.4. The SMILES string of the molecule is COC1=CC(=O)C=C(C)[C@]1(O)C(=O)Oc1c(C)c(C)c(C(=O)Oc2cc(C)c(C(=O)Oc3c(C)c(C)c(C(=O)O)c(C)c3-c3ccc(O)cc3)c(C)c2C)c(O)c1Br. The highest BCUT2D eigenvalue weighted by atomic mass is 79.9. The van der Waals surface area contributed by atoms with Crippen LogP contribution in [0, 0.1) is 55.4 Å². The van der Waals surface area contributed by atoms with Crippen molar-refractivity contribution in [3.8, 4) is 39.9 Å². The van der Waals surface area contributed by atoms with Crippen LogP contribution >= 0.6 is 15.9 Å². The zero-order chi connectivity index (χ0) is 43.3. The number of rotatable bonds is 9.